The van der Waals surface area contributed by atoms with Crippen LogP contribution in [-0.4, -0.2) is 14.9 Å². The van der Waals surface area contributed by atoms with Gasteiger partial charge in [-0.1, -0.05) is 86.6 Å². The minimum atomic E-state index is 0.129. The van der Waals surface area contributed by atoms with E-state index in [9.17, 15) is 0 Å². The van der Waals surface area contributed by atoms with Crippen molar-refractivity contribution >= 4 is 11.8 Å². The van der Waals surface area contributed by atoms with Crippen molar-refractivity contribution in [2.24, 2.45) is 0 Å². The lowest BCUT2D eigenvalue weighted by atomic mass is 9.87. The van der Waals surface area contributed by atoms with Crippen molar-refractivity contribution in [3.8, 4) is 11.4 Å². The van der Waals surface area contributed by atoms with E-state index in [0.29, 0.717) is 5.82 Å². The number of benzene rings is 2. The molecule has 0 saturated heterocycles. The molecule has 130 valence electrons. The van der Waals surface area contributed by atoms with Gasteiger partial charge in [0.2, 0.25) is 5.16 Å². The molecular formula is C20H24N4S. The standard InChI is InChI=1S/C20H24N4S/c1-14-5-7-15(8-6-14)13-25-19-23-22-18(24(19)21)16-9-11-17(12-10-16)20(2,3)4/h5-12H,13,21H2,1-4H3. The molecule has 4 nitrogen and oxygen atoms in total. The van der Waals surface area contributed by atoms with E-state index in [0.717, 1.165) is 16.5 Å². The zero-order chi connectivity index (χ0) is 18.0. The number of hydrogen-bond donors (Lipinski definition) is 1. The number of nitrogens with two attached hydrogens (primary N) is 1. The van der Waals surface area contributed by atoms with Crippen molar-refractivity contribution in [3.05, 3.63) is 65.2 Å². The van der Waals surface area contributed by atoms with E-state index in [2.05, 4.69) is 86.4 Å². The van der Waals surface area contributed by atoms with E-state index >= 15 is 0 Å². The highest BCUT2D eigenvalue weighted by molar-refractivity contribution is 7.98. The smallest absolute Gasteiger partial charge is 0.210 e. The van der Waals surface area contributed by atoms with Crippen molar-refractivity contribution in [1.82, 2.24) is 14.9 Å². The second-order valence-electron chi connectivity index (χ2n) is 7.28. The largest absolute Gasteiger partial charge is 0.335 e. The Balaban J connectivity index is 1.75. The van der Waals surface area contributed by atoms with Gasteiger partial charge < -0.3 is 5.84 Å². The Kier molecular flexibility index (Phi) is 4.86. The fourth-order valence-electron chi connectivity index (χ4n) is 2.52. The predicted molar refractivity (Wildman–Crippen MR) is 105 cm³/mol. The van der Waals surface area contributed by atoms with Gasteiger partial charge in [-0.25, -0.2) is 4.68 Å². The summed E-state index contributed by atoms with van der Waals surface area (Å²) in [5, 5.41) is 9.24. The summed E-state index contributed by atoms with van der Waals surface area (Å²) >= 11 is 1.59. The van der Waals surface area contributed by atoms with E-state index < -0.39 is 0 Å². The van der Waals surface area contributed by atoms with Crippen LogP contribution in [0.15, 0.2) is 53.7 Å². The highest BCUT2D eigenvalue weighted by Gasteiger charge is 2.16. The molecule has 0 bridgehead atoms. The van der Waals surface area contributed by atoms with E-state index in [1.807, 2.05) is 0 Å². The summed E-state index contributed by atoms with van der Waals surface area (Å²) in [6.07, 6.45) is 0. The Hall–Kier alpha value is -2.27. The molecule has 1 heterocycles. The maximum atomic E-state index is 6.22. The van der Waals surface area contributed by atoms with Crippen molar-refractivity contribution in [3.63, 3.8) is 0 Å². The monoisotopic (exact) mass is 352 g/mol. The molecule has 3 aromatic rings. The van der Waals surface area contributed by atoms with Crippen molar-refractivity contribution in [2.75, 3.05) is 5.84 Å². The lowest BCUT2D eigenvalue weighted by Crippen LogP contribution is -2.12. The summed E-state index contributed by atoms with van der Waals surface area (Å²) in [5.41, 5.74) is 4.90. The first-order valence-corrected chi connectivity index (χ1v) is 9.33. The molecule has 2 aromatic carbocycles. The minimum absolute atomic E-state index is 0.129. The molecule has 0 amide bonds. The van der Waals surface area contributed by atoms with E-state index in [-0.39, 0.29) is 5.41 Å². The predicted octanol–water partition coefficient (Wildman–Crippen LogP) is 4.56. The van der Waals surface area contributed by atoms with Crippen LogP contribution in [0.4, 0.5) is 0 Å². The number of hydrogen-bond acceptors (Lipinski definition) is 4. The first-order chi connectivity index (χ1) is 11.8. The molecule has 3 rings (SSSR count). The molecule has 5 heteroatoms. The van der Waals surface area contributed by atoms with Crippen molar-refractivity contribution in [2.45, 2.75) is 44.0 Å². The second kappa shape index (κ2) is 6.92. The van der Waals surface area contributed by atoms with Gasteiger partial charge in [0.15, 0.2) is 5.82 Å². The van der Waals surface area contributed by atoms with Gasteiger partial charge in [-0.15, -0.1) is 10.2 Å². The topological polar surface area (TPSA) is 56.7 Å². The SMILES string of the molecule is Cc1ccc(CSc2nnc(-c3ccc(C(C)(C)C)cc3)n2N)cc1. The first kappa shape index (κ1) is 17.5. The van der Waals surface area contributed by atoms with Crippen molar-refractivity contribution < 1.29 is 0 Å². The Labute approximate surface area is 153 Å². The summed E-state index contributed by atoms with van der Waals surface area (Å²) in [6, 6.07) is 16.9. The molecule has 0 aliphatic carbocycles. The van der Waals surface area contributed by atoms with Crippen LogP contribution in [0.5, 0.6) is 0 Å². The van der Waals surface area contributed by atoms with Gasteiger partial charge in [-0.05, 0) is 23.5 Å². The molecule has 2 N–H and O–H groups in total. The summed E-state index contributed by atoms with van der Waals surface area (Å²) in [6.45, 7) is 8.69. The van der Waals surface area contributed by atoms with Gasteiger partial charge >= 0.3 is 0 Å². The molecule has 0 aliphatic rings. The number of rotatable bonds is 4. The molecule has 0 unspecified atom stereocenters. The normalized spacial score (nSPS) is 11.7. The number of thioether (sulfide) groups is 1. The Morgan fingerprint density at radius 2 is 1.60 bits per heavy atom. The third-order valence-corrected chi connectivity index (χ3v) is 5.18. The lowest BCUT2D eigenvalue weighted by Gasteiger charge is -2.19. The third kappa shape index (κ3) is 4.04. The fraction of sp³-hybridized carbons (Fsp3) is 0.300. The number of nitrogens with zero attached hydrogens (tertiary/aromatic N) is 3. The maximum Gasteiger partial charge on any atom is 0.210 e. The van der Waals surface area contributed by atoms with Gasteiger partial charge in [0.05, 0.1) is 0 Å². The van der Waals surface area contributed by atoms with Gasteiger partial charge in [-0.3, -0.25) is 0 Å². The molecular weight excluding hydrogens is 328 g/mol. The summed E-state index contributed by atoms with van der Waals surface area (Å²) in [4.78, 5) is 0. The molecule has 0 radical (unpaired) electrons. The van der Waals surface area contributed by atoms with E-state index in [4.69, 9.17) is 5.84 Å². The number of nitrogen functional groups attached to an aromatic ring is 1. The Bertz CT molecular complexity index is 843. The molecule has 0 spiro atoms. The van der Waals surface area contributed by atoms with E-state index in [1.165, 1.54) is 16.7 Å². The van der Waals surface area contributed by atoms with Crippen LogP contribution >= 0.6 is 11.8 Å². The van der Waals surface area contributed by atoms with Crippen LogP contribution in [0.25, 0.3) is 11.4 Å². The maximum absolute atomic E-state index is 6.22. The Morgan fingerprint density at radius 1 is 0.960 bits per heavy atom. The van der Waals surface area contributed by atoms with E-state index in [1.54, 1.807) is 16.4 Å². The van der Waals surface area contributed by atoms with Crippen LogP contribution in [-0.2, 0) is 11.2 Å². The van der Waals surface area contributed by atoms with Gasteiger partial charge in [-0.2, -0.15) is 0 Å². The average molecular weight is 353 g/mol. The quantitative estimate of drug-likeness (QED) is 0.552. The molecule has 0 fully saturated rings. The van der Waals surface area contributed by atoms with Crippen LogP contribution in [0.2, 0.25) is 0 Å². The minimum Gasteiger partial charge on any atom is -0.335 e. The van der Waals surface area contributed by atoms with Gasteiger partial charge in [0.25, 0.3) is 0 Å². The van der Waals surface area contributed by atoms with Crippen LogP contribution in [0.1, 0.15) is 37.5 Å². The summed E-state index contributed by atoms with van der Waals surface area (Å²) in [7, 11) is 0. The zero-order valence-corrected chi connectivity index (χ0v) is 16.0. The number of aryl methyl sites for hydroxylation is 1. The van der Waals surface area contributed by atoms with Gasteiger partial charge in [0.1, 0.15) is 0 Å². The van der Waals surface area contributed by atoms with Crippen LogP contribution < -0.4 is 5.84 Å². The summed E-state index contributed by atoms with van der Waals surface area (Å²) < 4.78 is 1.57. The average Bonchev–Trinajstić information content (AvgIpc) is 2.94. The lowest BCUT2D eigenvalue weighted by molar-refractivity contribution is 0.590. The molecule has 0 saturated carbocycles. The second-order valence-corrected chi connectivity index (χ2v) is 8.22. The number of aromatic nitrogens is 3. The van der Waals surface area contributed by atoms with Crippen molar-refractivity contribution in [1.29, 1.82) is 0 Å². The highest BCUT2D eigenvalue weighted by Crippen LogP contribution is 2.27. The fourth-order valence-corrected chi connectivity index (χ4v) is 3.34. The van der Waals surface area contributed by atoms with Gasteiger partial charge in [0, 0.05) is 11.3 Å². The zero-order valence-electron chi connectivity index (χ0n) is 15.2. The highest BCUT2D eigenvalue weighted by atomic mass is 32.2. The first-order valence-electron chi connectivity index (χ1n) is 8.34. The van der Waals surface area contributed by atoms with Crippen LogP contribution in [0.3, 0.4) is 0 Å². The molecule has 1 aromatic heterocycles. The Morgan fingerprint density at radius 3 is 2.20 bits per heavy atom. The molecule has 25 heavy (non-hydrogen) atoms. The van der Waals surface area contributed by atoms with Crippen LogP contribution in [0, 0.1) is 6.92 Å². The molecule has 0 atom stereocenters. The molecule has 0 aliphatic heterocycles. The third-order valence-electron chi connectivity index (χ3n) is 4.16. The summed E-state index contributed by atoms with van der Waals surface area (Å²) in [5.74, 6) is 7.72.